The van der Waals surface area contributed by atoms with Crippen LogP contribution in [0.1, 0.15) is 12.0 Å². The van der Waals surface area contributed by atoms with E-state index in [1.54, 1.807) is 31.3 Å². The molecule has 0 aliphatic carbocycles. The van der Waals surface area contributed by atoms with Crippen molar-refractivity contribution in [2.45, 2.75) is 12.0 Å². The highest BCUT2D eigenvalue weighted by Gasteiger charge is 2.45. The molecule has 1 aromatic carbocycles. The molecule has 1 amide bonds. The second-order valence-electron chi connectivity index (χ2n) is 3.92. The van der Waals surface area contributed by atoms with Crippen LogP contribution in [-0.2, 0) is 10.4 Å². The van der Waals surface area contributed by atoms with Gasteiger partial charge in [-0.3, -0.25) is 4.79 Å². The van der Waals surface area contributed by atoms with Gasteiger partial charge in [0.25, 0.3) is 5.91 Å². The van der Waals surface area contributed by atoms with E-state index in [-0.39, 0.29) is 5.91 Å². The smallest absolute Gasteiger partial charge is 0.259 e. The SMILES string of the molecule is CN1CC[C@](O)(c2ccccc2N)C1=O. The lowest BCUT2D eigenvalue weighted by molar-refractivity contribution is -0.142. The fourth-order valence-electron chi connectivity index (χ4n) is 1.98. The molecule has 1 heterocycles. The first kappa shape index (κ1) is 9.98. The van der Waals surface area contributed by atoms with Crippen LogP contribution in [0, 0.1) is 0 Å². The summed E-state index contributed by atoms with van der Waals surface area (Å²) in [5.74, 6) is -0.277. The third kappa shape index (κ3) is 1.37. The number of nitrogen functional groups attached to an aromatic ring is 1. The summed E-state index contributed by atoms with van der Waals surface area (Å²) in [6, 6.07) is 6.95. The number of likely N-dealkylation sites (tertiary alicyclic amines) is 1. The first-order valence-electron chi connectivity index (χ1n) is 4.88. The minimum Gasteiger partial charge on any atom is -0.398 e. The average Bonchev–Trinajstić information content (AvgIpc) is 2.48. The number of nitrogens with zero attached hydrogens (tertiary/aromatic N) is 1. The van der Waals surface area contributed by atoms with Gasteiger partial charge in [-0.1, -0.05) is 18.2 Å². The van der Waals surface area contributed by atoms with Gasteiger partial charge in [0.2, 0.25) is 0 Å². The molecule has 2 rings (SSSR count). The van der Waals surface area contributed by atoms with E-state index in [0.29, 0.717) is 24.2 Å². The first-order chi connectivity index (χ1) is 7.05. The monoisotopic (exact) mass is 206 g/mol. The summed E-state index contributed by atoms with van der Waals surface area (Å²) in [4.78, 5) is 13.3. The highest BCUT2D eigenvalue weighted by Crippen LogP contribution is 2.35. The number of carbonyl (C=O) groups excluding carboxylic acids is 1. The van der Waals surface area contributed by atoms with Crippen LogP contribution in [0.15, 0.2) is 24.3 Å². The van der Waals surface area contributed by atoms with Crippen LogP contribution in [0.25, 0.3) is 0 Å². The lowest BCUT2D eigenvalue weighted by Crippen LogP contribution is -2.36. The third-order valence-electron chi connectivity index (χ3n) is 2.92. The van der Waals surface area contributed by atoms with E-state index in [2.05, 4.69) is 0 Å². The Labute approximate surface area is 88.3 Å². The van der Waals surface area contributed by atoms with Crippen LogP contribution in [0.2, 0.25) is 0 Å². The first-order valence-corrected chi connectivity index (χ1v) is 4.88. The van der Waals surface area contributed by atoms with Crippen LogP contribution in [0.3, 0.4) is 0 Å². The van der Waals surface area contributed by atoms with E-state index in [0.717, 1.165) is 0 Å². The van der Waals surface area contributed by atoms with Gasteiger partial charge >= 0.3 is 0 Å². The number of hydrogen-bond acceptors (Lipinski definition) is 3. The van der Waals surface area contributed by atoms with Gasteiger partial charge in [-0.15, -0.1) is 0 Å². The van der Waals surface area contributed by atoms with Gasteiger partial charge < -0.3 is 15.7 Å². The Morgan fingerprint density at radius 2 is 2.13 bits per heavy atom. The molecule has 1 fully saturated rings. The molecule has 0 saturated carbocycles. The second-order valence-corrected chi connectivity index (χ2v) is 3.92. The van der Waals surface area contributed by atoms with E-state index in [1.165, 1.54) is 4.90 Å². The highest BCUT2D eigenvalue weighted by molar-refractivity contribution is 5.89. The molecule has 1 aliphatic rings. The van der Waals surface area contributed by atoms with Gasteiger partial charge in [0.05, 0.1) is 0 Å². The number of benzene rings is 1. The van der Waals surface area contributed by atoms with Crippen molar-refractivity contribution in [3.63, 3.8) is 0 Å². The quantitative estimate of drug-likeness (QED) is 0.650. The molecule has 0 radical (unpaired) electrons. The molecule has 1 saturated heterocycles. The fourth-order valence-corrected chi connectivity index (χ4v) is 1.98. The zero-order valence-electron chi connectivity index (χ0n) is 8.60. The Morgan fingerprint density at radius 1 is 1.47 bits per heavy atom. The molecule has 1 aliphatic heterocycles. The van der Waals surface area contributed by atoms with Crippen molar-refractivity contribution in [3.8, 4) is 0 Å². The van der Waals surface area contributed by atoms with E-state index >= 15 is 0 Å². The molecule has 0 spiro atoms. The molecule has 4 heteroatoms. The zero-order valence-corrected chi connectivity index (χ0v) is 8.60. The number of rotatable bonds is 1. The van der Waals surface area contributed by atoms with Crippen LogP contribution < -0.4 is 5.73 Å². The van der Waals surface area contributed by atoms with Crippen molar-refractivity contribution in [2.24, 2.45) is 0 Å². The summed E-state index contributed by atoms with van der Waals surface area (Å²) < 4.78 is 0. The molecule has 1 atom stereocenters. The standard InChI is InChI=1S/C11H14N2O2/c1-13-7-6-11(15,10(13)14)8-4-2-3-5-9(8)12/h2-5,15H,6-7,12H2,1H3/t11-/m0/s1. The summed E-state index contributed by atoms with van der Waals surface area (Å²) in [5.41, 5.74) is 5.31. The van der Waals surface area contributed by atoms with E-state index < -0.39 is 5.60 Å². The van der Waals surface area contributed by atoms with E-state index in [1.807, 2.05) is 0 Å². The number of hydrogen-bond donors (Lipinski definition) is 2. The Kier molecular flexibility index (Phi) is 2.16. The van der Waals surface area contributed by atoms with Crippen molar-refractivity contribution >= 4 is 11.6 Å². The predicted octanol–water partition coefficient (Wildman–Crippen LogP) is 0.319. The molecular formula is C11H14N2O2. The Bertz CT molecular complexity index is 405. The Morgan fingerprint density at radius 3 is 2.67 bits per heavy atom. The summed E-state index contributed by atoms with van der Waals surface area (Å²) in [6.07, 6.45) is 0.399. The van der Waals surface area contributed by atoms with Crippen molar-refractivity contribution in [3.05, 3.63) is 29.8 Å². The number of aliphatic hydroxyl groups is 1. The highest BCUT2D eigenvalue weighted by atomic mass is 16.3. The molecule has 0 unspecified atom stereocenters. The lowest BCUT2D eigenvalue weighted by atomic mass is 9.91. The largest absolute Gasteiger partial charge is 0.398 e. The number of nitrogens with two attached hydrogens (primary N) is 1. The number of likely N-dealkylation sites (N-methyl/N-ethyl adjacent to an activating group) is 1. The Hall–Kier alpha value is -1.55. The maximum absolute atomic E-state index is 11.8. The minimum absolute atomic E-state index is 0.277. The van der Waals surface area contributed by atoms with Gasteiger partial charge in [0.1, 0.15) is 0 Å². The molecule has 80 valence electrons. The molecule has 4 nitrogen and oxygen atoms in total. The average molecular weight is 206 g/mol. The Balaban J connectivity index is 2.47. The molecule has 0 bridgehead atoms. The van der Waals surface area contributed by atoms with E-state index in [9.17, 15) is 9.90 Å². The van der Waals surface area contributed by atoms with Crippen LogP contribution in [0.5, 0.6) is 0 Å². The van der Waals surface area contributed by atoms with Gasteiger partial charge in [-0.2, -0.15) is 0 Å². The molecule has 0 aromatic heterocycles. The number of amides is 1. The number of para-hydroxylation sites is 1. The van der Waals surface area contributed by atoms with Gasteiger partial charge in [0, 0.05) is 31.3 Å². The molecule has 3 N–H and O–H groups in total. The zero-order chi connectivity index (χ0) is 11.1. The van der Waals surface area contributed by atoms with Crippen LogP contribution >= 0.6 is 0 Å². The predicted molar refractivity (Wildman–Crippen MR) is 57.0 cm³/mol. The van der Waals surface area contributed by atoms with Gasteiger partial charge in [-0.25, -0.2) is 0 Å². The molecule has 15 heavy (non-hydrogen) atoms. The van der Waals surface area contributed by atoms with Crippen molar-refractivity contribution < 1.29 is 9.90 Å². The lowest BCUT2D eigenvalue weighted by Gasteiger charge is -2.22. The van der Waals surface area contributed by atoms with Crippen LogP contribution in [-0.4, -0.2) is 29.5 Å². The van der Waals surface area contributed by atoms with Crippen molar-refractivity contribution in [1.82, 2.24) is 4.90 Å². The second kappa shape index (κ2) is 3.24. The molecule has 1 aromatic rings. The number of anilines is 1. The third-order valence-corrected chi connectivity index (χ3v) is 2.92. The van der Waals surface area contributed by atoms with E-state index in [4.69, 9.17) is 5.73 Å². The molecular weight excluding hydrogens is 192 g/mol. The minimum atomic E-state index is -1.43. The number of carbonyl (C=O) groups is 1. The summed E-state index contributed by atoms with van der Waals surface area (Å²) in [6.45, 7) is 0.559. The normalized spacial score (nSPS) is 26.0. The maximum atomic E-state index is 11.8. The van der Waals surface area contributed by atoms with Crippen molar-refractivity contribution in [1.29, 1.82) is 0 Å². The summed E-state index contributed by atoms with van der Waals surface area (Å²) >= 11 is 0. The summed E-state index contributed by atoms with van der Waals surface area (Å²) in [7, 11) is 1.68. The van der Waals surface area contributed by atoms with Crippen molar-refractivity contribution in [2.75, 3.05) is 19.3 Å². The maximum Gasteiger partial charge on any atom is 0.259 e. The summed E-state index contributed by atoms with van der Waals surface area (Å²) in [5, 5.41) is 10.3. The van der Waals surface area contributed by atoms with Crippen LogP contribution in [0.4, 0.5) is 5.69 Å². The topological polar surface area (TPSA) is 66.6 Å². The fraction of sp³-hybridized carbons (Fsp3) is 0.364. The van der Waals surface area contributed by atoms with Gasteiger partial charge in [0.15, 0.2) is 5.60 Å². The van der Waals surface area contributed by atoms with Gasteiger partial charge in [-0.05, 0) is 6.07 Å².